The first kappa shape index (κ1) is 17.1. The van der Waals surface area contributed by atoms with E-state index in [1.165, 1.54) is 4.90 Å². The molecule has 0 aliphatic carbocycles. The Morgan fingerprint density at radius 1 is 1.18 bits per heavy atom. The Hall–Kier alpha value is -1.24. The van der Waals surface area contributed by atoms with Crippen molar-refractivity contribution in [1.29, 1.82) is 0 Å². The zero-order valence-corrected chi connectivity index (χ0v) is 13.8. The minimum atomic E-state index is -0.846. The number of thioether (sulfide) groups is 1. The summed E-state index contributed by atoms with van der Waals surface area (Å²) in [5, 5.41) is 9.07. The molecule has 2 saturated heterocycles. The van der Waals surface area contributed by atoms with Crippen LogP contribution < -0.4 is 0 Å². The van der Waals surface area contributed by atoms with E-state index in [4.69, 9.17) is 5.11 Å². The number of amides is 2. The molecule has 0 spiro atoms. The molecule has 124 valence electrons. The quantitative estimate of drug-likeness (QED) is 0.830. The lowest BCUT2D eigenvalue weighted by Crippen LogP contribution is -2.47. The van der Waals surface area contributed by atoms with E-state index in [9.17, 15) is 14.4 Å². The summed E-state index contributed by atoms with van der Waals surface area (Å²) in [6.07, 6.45) is 3.09. The number of carboxylic acids is 1. The number of carbonyl (C=O) groups is 3. The number of nitrogens with zero attached hydrogens (tertiary/aromatic N) is 2. The van der Waals surface area contributed by atoms with Crippen LogP contribution >= 0.6 is 11.8 Å². The lowest BCUT2D eigenvalue weighted by molar-refractivity contribution is -0.148. The number of piperidine rings is 1. The molecule has 0 saturated carbocycles. The van der Waals surface area contributed by atoms with E-state index in [0.717, 1.165) is 24.3 Å². The minimum Gasteiger partial charge on any atom is -0.481 e. The Labute approximate surface area is 135 Å². The number of carbonyl (C=O) groups excluding carboxylic acids is 2. The van der Waals surface area contributed by atoms with Gasteiger partial charge in [-0.3, -0.25) is 14.4 Å². The summed E-state index contributed by atoms with van der Waals surface area (Å²) in [6, 6.07) is 0. The van der Waals surface area contributed by atoms with Crippen molar-refractivity contribution in [3.63, 3.8) is 0 Å². The number of aliphatic carboxylic acids is 1. The van der Waals surface area contributed by atoms with Crippen LogP contribution in [0, 0.1) is 11.8 Å². The maximum atomic E-state index is 12.3. The second kappa shape index (κ2) is 7.85. The van der Waals surface area contributed by atoms with Gasteiger partial charge in [-0.1, -0.05) is 0 Å². The van der Waals surface area contributed by atoms with Gasteiger partial charge in [0.25, 0.3) is 0 Å². The number of rotatable bonds is 4. The number of hydrogen-bond acceptors (Lipinski definition) is 4. The first-order valence-corrected chi connectivity index (χ1v) is 8.98. The number of likely N-dealkylation sites (N-methyl/N-ethyl adjacent to an activating group) is 1. The Morgan fingerprint density at radius 3 is 2.50 bits per heavy atom. The van der Waals surface area contributed by atoms with Gasteiger partial charge in [0.15, 0.2) is 0 Å². The molecular weight excluding hydrogens is 304 g/mol. The minimum absolute atomic E-state index is 0.0344. The zero-order chi connectivity index (χ0) is 16.1. The van der Waals surface area contributed by atoms with Crippen LogP contribution in [0.25, 0.3) is 0 Å². The highest BCUT2D eigenvalue weighted by atomic mass is 32.2. The molecule has 0 aromatic heterocycles. The van der Waals surface area contributed by atoms with Gasteiger partial charge in [0, 0.05) is 26.1 Å². The van der Waals surface area contributed by atoms with E-state index in [2.05, 4.69) is 0 Å². The molecule has 0 radical (unpaired) electrons. The predicted molar refractivity (Wildman–Crippen MR) is 84.6 cm³/mol. The predicted octanol–water partition coefficient (Wildman–Crippen LogP) is 0.911. The van der Waals surface area contributed by atoms with Crippen LogP contribution in [0.4, 0.5) is 0 Å². The highest BCUT2D eigenvalue weighted by Gasteiger charge is 2.30. The smallest absolute Gasteiger partial charge is 0.308 e. The summed E-state index contributed by atoms with van der Waals surface area (Å²) in [4.78, 5) is 38.8. The number of carboxylic acid groups (broad SMARTS) is 1. The van der Waals surface area contributed by atoms with E-state index < -0.39 is 11.9 Å². The van der Waals surface area contributed by atoms with Crippen LogP contribution in [-0.2, 0) is 14.4 Å². The van der Waals surface area contributed by atoms with Gasteiger partial charge in [-0.05, 0) is 37.2 Å². The van der Waals surface area contributed by atoms with Crippen LogP contribution in [0.1, 0.15) is 25.7 Å². The summed E-state index contributed by atoms with van der Waals surface area (Å²) in [6.45, 7) is 0.899. The third kappa shape index (κ3) is 4.38. The highest BCUT2D eigenvalue weighted by Crippen LogP contribution is 2.24. The molecule has 2 heterocycles. The molecule has 1 unspecified atom stereocenters. The molecular formula is C15H24N2O4S. The molecule has 2 fully saturated rings. The van der Waals surface area contributed by atoms with Crippen LogP contribution in [0.5, 0.6) is 0 Å². The molecule has 7 heteroatoms. The lowest BCUT2D eigenvalue weighted by Gasteiger charge is -2.33. The lowest BCUT2D eigenvalue weighted by atomic mass is 9.98. The number of likely N-dealkylation sites (tertiary alicyclic amines) is 1. The van der Waals surface area contributed by atoms with Gasteiger partial charge < -0.3 is 14.9 Å². The fraction of sp³-hybridized carbons (Fsp3) is 0.800. The average molecular weight is 328 g/mol. The van der Waals surface area contributed by atoms with Crippen LogP contribution in [0.2, 0.25) is 0 Å². The van der Waals surface area contributed by atoms with Crippen LogP contribution in [0.3, 0.4) is 0 Å². The van der Waals surface area contributed by atoms with Crippen LogP contribution in [0.15, 0.2) is 0 Å². The molecule has 2 aliphatic heterocycles. The molecule has 0 aromatic carbocycles. The van der Waals surface area contributed by atoms with Gasteiger partial charge in [0.1, 0.15) is 0 Å². The molecule has 2 rings (SSSR count). The summed E-state index contributed by atoms with van der Waals surface area (Å²) >= 11 is 1.87. The fourth-order valence-electron chi connectivity index (χ4n) is 3.04. The average Bonchev–Trinajstić information content (AvgIpc) is 2.54. The third-order valence-corrected chi connectivity index (χ3v) is 5.49. The van der Waals surface area contributed by atoms with Crippen molar-refractivity contribution < 1.29 is 19.5 Å². The molecule has 0 aromatic rings. The van der Waals surface area contributed by atoms with Gasteiger partial charge in [0.2, 0.25) is 11.8 Å². The molecule has 6 nitrogen and oxygen atoms in total. The molecule has 1 atom stereocenters. The largest absolute Gasteiger partial charge is 0.481 e. The first-order chi connectivity index (χ1) is 10.5. The first-order valence-electron chi connectivity index (χ1n) is 7.82. The molecule has 1 N–H and O–H groups in total. The SMILES string of the molecule is CN(CC(=O)N1CCCC(C(=O)O)C1)C(=O)C1CCSCC1. The van der Waals surface area contributed by atoms with Gasteiger partial charge in [0.05, 0.1) is 12.5 Å². The van der Waals surface area contributed by atoms with Crippen molar-refractivity contribution in [2.24, 2.45) is 11.8 Å². The second-order valence-electron chi connectivity index (χ2n) is 6.10. The topological polar surface area (TPSA) is 77.9 Å². The van der Waals surface area contributed by atoms with Crippen molar-refractivity contribution in [1.82, 2.24) is 9.80 Å². The summed E-state index contributed by atoms with van der Waals surface area (Å²) in [5.41, 5.74) is 0. The zero-order valence-electron chi connectivity index (χ0n) is 13.0. The maximum Gasteiger partial charge on any atom is 0.308 e. The summed E-state index contributed by atoms with van der Waals surface area (Å²) < 4.78 is 0. The van der Waals surface area contributed by atoms with E-state index >= 15 is 0 Å². The van der Waals surface area contributed by atoms with E-state index in [-0.39, 0.29) is 30.8 Å². The van der Waals surface area contributed by atoms with Gasteiger partial charge in [-0.25, -0.2) is 0 Å². The van der Waals surface area contributed by atoms with Gasteiger partial charge in [-0.2, -0.15) is 11.8 Å². The van der Waals surface area contributed by atoms with Crippen LogP contribution in [-0.4, -0.2) is 70.9 Å². The third-order valence-electron chi connectivity index (χ3n) is 4.44. The normalized spacial score (nSPS) is 23.1. The monoisotopic (exact) mass is 328 g/mol. The van der Waals surface area contributed by atoms with E-state index in [0.29, 0.717) is 19.4 Å². The van der Waals surface area contributed by atoms with Crippen molar-refractivity contribution >= 4 is 29.5 Å². The van der Waals surface area contributed by atoms with E-state index in [1.807, 2.05) is 11.8 Å². The molecule has 2 amide bonds. The fourth-order valence-corrected chi connectivity index (χ4v) is 4.15. The molecule has 0 bridgehead atoms. The van der Waals surface area contributed by atoms with Crippen molar-refractivity contribution in [2.75, 3.05) is 38.2 Å². The Bertz CT molecular complexity index is 437. The van der Waals surface area contributed by atoms with Gasteiger partial charge >= 0.3 is 5.97 Å². The Morgan fingerprint density at radius 2 is 1.86 bits per heavy atom. The molecule has 2 aliphatic rings. The summed E-state index contributed by atoms with van der Waals surface area (Å²) in [5.74, 6) is 0.616. The standard InChI is InChI=1S/C15H24N2O4S/c1-16(14(19)11-4-7-22-8-5-11)10-13(18)17-6-2-3-12(9-17)15(20)21/h11-12H,2-10H2,1H3,(H,20,21). The maximum absolute atomic E-state index is 12.3. The highest BCUT2D eigenvalue weighted by molar-refractivity contribution is 7.99. The van der Waals surface area contributed by atoms with E-state index in [1.54, 1.807) is 11.9 Å². The van der Waals surface area contributed by atoms with Crippen molar-refractivity contribution in [3.05, 3.63) is 0 Å². The summed E-state index contributed by atoms with van der Waals surface area (Å²) in [7, 11) is 1.67. The second-order valence-corrected chi connectivity index (χ2v) is 7.32. The van der Waals surface area contributed by atoms with Gasteiger partial charge in [-0.15, -0.1) is 0 Å². The van der Waals surface area contributed by atoms with Crippen molar-refractivity contribution in [2.45, 2.75) is 25.7 Å². The van der Waals surface area contributed by atoms with Crippen molar-refractivity contribution in [3.8, 4) is 0 Å². The Balaban J connectivity index is 1.84. The number of hydrogen-bond donors (Lipinski definition) is 1. The molecule has 22 heavy (non-hydrogen) atoms. The Kier molecular flexibility index (Phi) is 6.11.